The van der Waals surface area contributed by atoms with E-state index in [-0.39, 0.29) is 6.04 Å². The average molecular weight is 381 g/mol. The Balaban J connectivity index is 1.69. The quantitative estimate of drug-likeness (QED) is 0.816. The van der Waals surface area contributed by atoms with Crippen LogP contribution in [0.1, 0.15) is 37.3 Å². The molecule has 1 unspecified atom stereocenters. The third-order valence-corrected chi connectivity index (χ3v) is 7.10. The summed E-state index contributed by atoms with van der Waals surface area (Å²) >= 11 is 0. The molecule has 6 nitrogen and oxygen atoms in total. The van der Waals surface area contributed by atoms with Crippen LogP contribution in [0.5, 0.6) is 0 Å². The molecule has 0 spiro atoms. The highest BCUT2D eigenvalue weighted by molar-refractivity contribution is 7.87. The maximum absolute atomic E-state index is 12.8. The van der Waals surface area contributed by atoms with Crippen LogP contribution in [0.4, 0.5) is 0 Å². The summed E-state index contributed by atoms with van der Waals surface area (Å²) in [5.41, 5.74) is 1.19. The van der Waals surface area contributed by atoms with Gasteiger partial charge in [-0.2, -0.15) is 12.7 Å². The Morgan fingerprint density at radius 3 is 2.15 bits per heavy atom. The summed E-state index contributed by atoms with van der Waals surface area (Å²) in [6.07, 6.45) is 4.92. The number of hydrogen-bond acceptors (Lipinski definition) is 4. The molecule has 0 amide bonds. The van der Waals surface area contributed by atoms with Gasteiger partial charge < -0.3 is 4.90 Å². The van der Waals surface area contributed by atoms with Crippen LogP contribution in [0.15, 0.2) is 30.3 Å². The minimum absolute atomic E-state index is 0.0940. The molecule has 0 aromatic heterocycles. The van der Waals surface area contributed by atoms with Crippen molar-refractivity contribution in [2.24, 2.45) is 0 Å². The van der Waals surface area contributed by atoms with E-state index in [0.29, 0.717) is 19.6 Å². The summed E-state index contributed by atoms with van der Waals surface area (Å²) in [4.78, 5) is 4.62. The number of hydrogen-bond donors (Lipinski definition) is 1. The number of nitrogens with one attached hydrogen (secondary N) is 1. The van der Waals surface area contributed by atoms with Gasteiger partial charge in [-0.15, -0.1) is 0 Å². The molecule has 2 saturated heterocycles. The SMILES string of the molecule is CN1CCN(S(=O)(=O)NCC(c2ccccc2)N2CCCCCC2)CC1. The number of likely N-dealkylation sites (N-methyl/N-ethyl adjacent to an activating group) is 1. The van der Waals surface area contributed by atoms with Gasteiger partial charge in [0.05, 0.1) is 0 Å². The number of nitrogens with zero attached hydrogens (tertiary/aromatic N) is 3. The van der Waals surface area contributed by atoms with Crippen molar-refractivity contribution in [2.75, 3.05) is 52.9 Å². The van der Waals surface area contributed by atoms with Crippen LogP contribution in [0.25, 0.3) is 0 Å². The fourth-order valence-corrected chi connectivity index (χ4v) is 5.04. The number of benzene rings is 1. The van der Waals surface area contributed by atoms with Crippen LogP contribution in [-0.4, -0.2) is 75.4 Å². The van der Waals surface area contributed by atoms with Gasteiger partial charge in [-0.3, -0.25) is 4.90 Å². The second kappa shape index (κ2) is 9.28. The zero-order valence-electron chi connectivity index (χ0n) is 15.8. The van der Waals surface area contributed by atoms with Crippen molar-refractivity contribution in [3.8, 4) is 0 Å². The topological polar surface area (TPSA) is 55.9 Å². The Morgan fingerprint density at radius 1 is 0.923 bits per heavy atom. The first-order valence-electron chi connectivity index (χ1n) is 9.78. The molecule has 7 heteroatoms. The Labute approximate surface area is 158 Å². The van der Waals surface area contributed by atoms with E-state index in [1.165, 1.54) is 31.2 Å². The lowest BCUT2D eigenvalue weighted by Crippen LogP contribution is -2.52. The van der Waals surface area contributed by atoms with E-state index in [4.69, 9.17) is 0 Å². The Hall–Kier alpha value is -0.990. The van der Waals surface area contributed by atoms with Crippen molar-refractivity contribution in [1.82, 2.24) is 18.8 Å². The summed E-state index contributed by atoms with van der Waals surface area (Å²) in [5, 5.41) is 0. The zero-order chi connectivity index (χ0) is 18.4. The summed E-state index contributed by atoms with van der Waals surface area (Å²) in [6.45, 7) is 5.20. The lowest BCUT2D eigenvalue weighted by Gasteiger charge is -2.34. The van der Waals surface area contributed by atoms with E-state index in [9.17, 15) is 8.42 Å². The number of rotatable bonds is 6. The zero-order valence-corrected chi connectivity index (χ0v) is 16.6. The number of piperazine rings is 1. The molecule has 1 N–H and O–H groups in total. The van der Waals surface area contributed by atoms with Crippen LogP contribution in [-0.2, 0) is 10.2 Å². The number of likely N-dealkylation sites (tertiary alicyclic amines) is 1. The van der Waals surface area contributed by atoms with E-state index in [1.54, 1.807) is 4.31 Å². The molecular weight excluding hydrogens is 348 g/mol. The lowest BCUT2D eigenvalue weighted by atomic mass is 10.1. The van der Waals surface area contributed by atoms with E-state index in [1.807, 2.05) is 25.2 Å². The van der Waals surface area contributed by atoms with Gasteiger partial charge in [0, 0.05) is 38.8 Å². The Morgan fingerprint density at radius 2 is 1.54 bits per heavy atom. The predicted molar refractivity (Wildman–Crippen MR) is 105 cm³/mol. The van der Waals surface area contributed by atoms with Crippen molar-refractivity contribution in [1.29, 1.82) is 0 Å². The third kappa shape index (κ3) is 5.27. The Bertz CT molecular complexity index is 637. The molecule has 2 aliphatic rings. The van der Waals surface area contributed by atoms with E-state index < -0.39 is 10.2 Å². The molecule has 0 saturated carbocycles. The van der Waals surface area contributed by atoms with Crippen molar-refractivity contribution < 1.29 is 8.42 Å². The van der Waals surface area contributed by atoms with Crippen LogP contribution in [0.2, 0.25) is 0 Å². The predicted octanol–water partition coefficient (Wildman–Crippen LogP) is 1.69. The van der Waals surface area contributed by atoms with Gasteiger partial charge >= 0.3 is 0 Å². The maximum Gasteiger partial charge on any atom is 0.279 e. The van der Waals surface area contributed by atoms with Gasteiger partial charge in [-0.25, -0.2) is 4.72 Å². The van der Waals surface area contributed by atoms with Crippen molar-refractivity contribution >= 4 is 10.2 Å². The molecule has 1 aromatic rings. The molecular formula is C19H32N4O2S. The standard InChI is InChI=1S/C19H32N4O2S/c1-21-13-15-23(16-14-21)26(24,25)20-17-19(18-9-5-4-6-10-18)22-11-7-2-3-8-12-22/h4-6,9-10,19-20H,2-3,7-8,11-17H2,1H3. The minimum Gasteiger partial charge on any atom is -0.304 e. The largest absolute Gasteiger partial charge is 0.304 e. The first kappa shape index (κ1) is 19.8. The van der Waals surface area contributed by atoms with E-state index in [0.717, 1.165) is 26.2 Å². The fraction of sp³-hybridized carbons (Fsp3) is 0.684. The highest BCUT2D eigenvalue weighted by Crippen LogP contribution is 2.24. The monoisotopic (exact) mass is 380 g/mol. The molecule has 26 heavy (non-hydrogen) atoms. The van der Waals surface area contributed by atoms with Gasteiger partial charge in [0.1, 0.15) is 0 Å². The van der Waals surface area contributed by atoms with Gasteiger partial charge in [0.25, 0.3) is 10.2 Å². The molecule has 0 radical (unpaired) electrons. The summed E-state index contributed by atoms with van der Waals surface area (Å²) in [7, 11) is -1.40. The van der Waals surface area contributed by atoms with Crippen molar-refractivity contribution in [2.45, 2.75) is 31.7 Å². The molecule has 2 heterocycles. The summed E-state index contributed by atoms with van der Waals surface area (Å²) in [6, 6.07) is 10.4. The van der Waals surface area contributed by atoms with Gasteiger partial charge in [0.15, 0.2) is 0 Å². The molecule has 2 aliphatic heterocycles. The highest BCUT2D eigenvalue weighted by Gasteiger charge is 2.28. The van der Waals surface area contributed by atoms with Crippen LogP contribution in [0, 0.1) is 0 Å². The second-order valence-electron chi connectivity index (χ2n) is 7.43. The van der Waals surface area contributed by atoms with E-state index >= 15 is 0 Å². The van der Waals surface area contributed by atoms with Gasteiger partial charge in [-0.1, -0.05) is 43.2 Å². The summed E-state index contributed by atoms with van der Waals surface area (Å²) in [5.74, 6) is 0. The third-order valence-electron chi connectivity index (χ3n) is 5.53. The molecule has 3 rings (SSSR count). The molecule has 1 atom stereocenters. The maximum atomic E-state index is 12.8. The molecule has 0 bridgehead atoms. The molecule has 2 fully saturated rings. The second-order valence-corrected chi connectivity index (χ2v) is 9.19. The van der Waals surface area contributed by atoms with Gasteiger partial charge in [-0.05, 0) is 38.5 Å². The van der Waals surface area contributed by atoms with Gasteiger partial charge in [0.2, 0.25) is 0 Å². The summed E-state index contributed by atoms with van der Waals surface area (Å²) < 4.78 is 30.0. The smallest absolute Gasteiger partial charge is 0.279 e. The van der Waals surface area contributed by atoms with Crippen LogP contribution < -0.4 is 4.72 Å². The van der Waals surface area contributed by atoms with Crippen LogP contribution in [0.3, 0.4) is 0 Å². The average Bonchev–Trinajstić information content (AvgIpc) is 2.92. The molecule has 0 aliphatic carbocycles. The first-order valence-corrected chi connectivity index (χ1v) is 11.2. The Kier molecular flexibility index (Phi) is 7.05. The molecule has 146 valence electrons. The van der Waals surface area contributed by atoms with Crippen LogP contribution >= 0.6 is 0 Å². The van der Waals surface area contributed by atoms with Crippen molar-refractivity contribution in [3.63, 3.8) is 0 Å². The normalized spacial score (nSPS) is 22.8. The first-order chi connectivity index (χ1) is 12.6. The lowest BCUT2D eigenvalue weighted by molar-refractivity contribution is 0.201. The van der Waals surface area contributed by atoms with Crippen molar-refractivity contribution in [3.05, 3.63) is 35.9 Å². The highest BCUT2D eigenvalue weighted by atomic mass is 32.2. The fourth-order valence-electron chi connectivity index (χ4n) is 3.84. The molecule has 1 aromatic carbocycles. The minimum atomic E-state index is -3.43. The van der Waals surface area contributed by atoms with E-state index in [2.05, 4.69) is 26.7 Å².